The molecule has 0 spiro atoms. The number of amides is 1. The van der Waals surface area contributed by atoms with Crippen LogP contribution in [0.1, 0.15) is 30.6 Å². The summed E-state index contributed by atoms with van der Waals surface area (Å²) >= 11 is 0. The van der Waals surface area contributed by atoms with E-state index < -0.39 is 23.2 Å². The Morgan fingerprint density at radius 3 is 2.57 bits per heavy atom. The number of anilines is 2. The lowest BCUT2D eigenvalue weighted by Gasteiger charge is -2.10. The van der Waals surface area contributed by atoms with Gasteiger partial charge in [-0.25, -0.2) is 8.78 Å². The van der Waals surface area contributed by atoms with E-state index >= 15 is 0 Å². The lowest BCUT2D eigenvalue weighted by molar-refractivity contribution is 0.102. The van der Waals surface area contributed by atoms with Gasteiger partial charge in [0.2, 0.25) is 0 Å². The first-order chi connectivity index (χ1) is 11.0. The van der Waals surface area contributed by atoms with E-state index in [2.05, 4.69) is 29.5 Å². The molecule has 0 saturated carbocycles. The summed E-state index contributed by atoms with van der Waals surface area (Å²) < 4.78 is 27.1. The molecule has 2 N–H and O–H groups in total. The van der Waals surface area contributed by atoms with Crippen molar-refractivity contribution in [1.29, 1.82) is 0 Å². The molecule has 23 heavy (non-hydrogen) atoms. The summed E-state index contributed by atoms with van der Waals surface area (Å²) in [7, 11) is 0. The van der Waals surface area contributed by atoms with Crippen LogP contribution in [0.2, 0.25) is 0 Å². The van der Waals surface area contributed by atoms with Crippen molar-refractivity contribution in [2.45, 2.75) is 20.3 Å². The van der Waals surface area contributed by atoms with Crippen LogP contribution < -0.4 is 10.6 Å². The van der Waals surface area contributed by atoms with E-state index in [1.807, 2.05) is 0 Å². The van der Waals surface area contributed by atoms with Crippen LogP contribution in [0.15, 0.2) is 36.7 Å². The minimum atomic E-state index is -0.822. The van der Waals surface area contributed by atoms with Crippen LogP contribution in [0.5, 0.6) is 0 Å². The SMILES string of the molecule is CC(C)CCNc1cncc(C(=O)Nc2c(F)cccc2F)c1. The maximum atomic E-state index is 13.6. The molecule has 1 aromatic carbocycles. The lowest BCUT2D eigenvalue weighted by Crippen LogP contribution is -2.15. The van der Waals surface area contributed by atoms with E-state index in [1.54, 1.807) is 12.3 Å². The molecule has 1 amide bonds. The number of carbonyl (C=O) groups excluding carboxylic acids is 1. The zero-order valence-corrected chi connectivity index (χ0v) is 13.1. The van der Waals surface area contributed by atoms with Crippen LogP contribution >= 0.6 is 0 Å². The van der Waals surface area contributed by atoms with Crippen molar-refractivity contribution < 1.29 is 13.6 Å². The summed E-state index contributed by atoms with van der Waals surface area (Å²) in [5.74, 6) is -1.70. The van der Waals surface area contributed by atoms with Crippen molar-refractivity contribution in [3.05, 3.63) is 53.9 Å². The molecule has 0 aliphatic heterocycles. The molecule has 0 bridgehead atoms. The van der Waals surface area contributed by atoms with Crippen LogP contribution in [0.3, 0.4) is 0 Å². The third-order valence-electron chi connectivity index (χ3n) is 3.25. The highest BCUT2D eigenvalue weighted by molar-refractivity contribution is 6.04. The summed E-state index contributed by atoms with van der Waals surface area (Å²) in [6.45, 7) is 4.99. The fraction of sp³-hybridized carbons (Fsp3) is 0.294. The predicted octanol–water partition coefficient (Wildman–Crippen LogP) is 4.07. The molecule has 6 heteroatoms. The van der Waals surface area contributed by atoms with Gasteiger partial charge in [-0.2, -0.15) is 0 Å². The Morgan fingerprint density at radius 1 is 1.22 bits per heavy atom. The molecule has 1 heterocycles. The second-order valence-electron chi connectivity index (χ2n) is 5.62. The van der Waals surface area contributed by atoms with Crippen LogP contribution in [0.25, 0.3) is 0 Å². The number of hydrogen-bond donors (Lipinski definition) is 2. The number of pyridine rings is 1. The first-order valence-electron chi connectivity index (χ1n) is 7.41. The molecule has 122 valence electrons. The third kappa shape index (κ3) is 4.74. The Morgan fingerprint density at radius 2 is 1.91 bits per heavy atom. The predicted molar refractivity (Wildman–Crippen MR) is 86.5 cm³/mol. The Hall–Kier alpha value is -2.50. The Kier molecular flexibility index (Phi) is 5.62. The number of benzene rings is 1. The second kappa shape index (κ2) is 7.67. The molecular formula is C17H19F2N3O. The standard InChI is InChI=1S/C17H19F2N3O/c1-11(2)6-7-21-13-8-12(9-20-10-13)17(23)22-16-14(18)4-3-5-15(16)19/h3-5,8-11,21H,6-7H2,1-2H3,(H,22,23). The van der Waals surface area contributed by atoms with Gasteiger partial charge in [0.25, 0.3) is 5.91 Å². The van der Waals surface area contributed by atoms with Gasteiger partial charge < -0.3 is 10.6 Å². The minimum Gasteiger partial charge on any atom is -0.384 e. The molecule has 2 aromatic rings. The van der Waals surface area contributed by atoms with E-state index in [0.717, 1.165) is 25.1 Å². The second-order valence-corrected chi connectivity index (χ2v) is 5.62. The van der Waals surface area contributed by atoms with Crippen LogP contribution in [-0.2, 0) is 0 Å². The first kappa shape index (κ1) is 16.9. The number of para-hydroxylation sites is 1. The normalized spacial score (nSPS) is 10.7. The van der Waals surface area contributed by atoms with Gasteiger partial charge >= 0.3 is 0 Å². The summed E-state index contributed by atoms with van der Waals surface area (Å²) in [5.41, 5.74) is 0.449. The van der Waals surface area contributed by atoms with Gasteiger partial charge in [-0.15, -0.1) is 0 Å². The molecule has 0 radical (unpaired) electrons. The van der Waals surface area contributed by atoms with Gasteiger partial charge in [0.05, 0.1) is 11.3 Å². The van der Waals surface area contributed by atoms with E-state index in [0.29, 0.717) is 11.6 Å². The van der Waals surface area contributed by atoms with Gasteiger partial charge in [0.15, 0.2) is 0 Å². The Labute approximate surface area is 133 Å². The number of carbonyl (C=O) groups is 1. The van der Waals surface area contributed by atoms with E-state index in [1.165, 1.54) is 12.3 Å². The van der Waals surface area contributed by atoms with Gasteiger partial charge in [0.1, 0.15) is 17.3 Å². The molecule has 1 aromatic heterocycles. The zero-order valence-electron chi connectivity index (χ0n) is 13.1. The highest BCUT2D eigenvalue weighted by atomic mass is 19.1. The Balaban J connectivity index is 2.08. The van der Waals surface area contributed by atoms with E-state index in [4.69, 9.17) is 0 Å². The lowest BCUT2D eigenvalue weighted by atomic mass is 10.1. The van der Waals surface area contributed by atoms with Crippen molar-refractivity contribution in [2.75, 3.05) is 17.2 Å². The fourth-order valence-electron chi connectivity index (χ4n) is 1.97. The van der Waals surface area contributed by atoms with Gasteiger partial charge in [0, 0.05) is 18.9 Å². The molecule has 2 rings (SSSR count). The number of nitrogens with zero attached hydrogens (tertiary/aromatic N) is 1. The molecule has 0 saturated heterocycles. The van der Waals surface area contributed by atoms with E-state index in [-0.39, 0.29) is 5.56 Å². The average Bonchev–Trinajstić information content (AvgIpc) is 2.51. The summed E-state index contributed by atoms with van der Waals surface area (Å²) in [6.07, 6.45) is 3.93. The molecule has 4 nitrogen and oxygen atoms in total. The smallest absolute Gasteiger partial charge is 0.257 e. The monoisotopic (exact) mass is 319 g/mol. The van der Waals surface area contributed by atoms with Crippen molar-refractivity contribution in [1.82, 2.24) is 4.98 Å². The number of halogens is 2. The first-order valence-corrected chi connectivity index (χ1v) is 7.41. The van der Waals surface area contributed by atoms with Crippen LogP contribution in [0, 0.1) is 17.6 Å². The summed E-state index contributed by atoms with van der Waals surface area (Å²) in [6, 6.07) is 5.00. The number of aromatic nitrogens is 1. The fourth-order valence-corrected chi connectivity index (χ4v) is 1.97. The number of rotatable bonds is 6. The largest absolute Gasteiger partial charge is 0.384 e. The van der Waals surface area contributed by atoms with Gasteiger partial charge in [-0.05, 0) is 30.5 Å². The van der Waals surface area contributed by atoms with Crippen molar-refractivity contribution in [3.8, 4) is 0 Å². The third-order valence-corrected chi connectivity index (χ3v) is 3.25. The molecule has 0 unspecified atom stereocenters. The summed E-state index contributed by atoms with van der Waals surface area (Å²) in [4.78, 5) is 16.1. The maximum absolute atomic E-state index is 13.6. The molecule has 0 aliphatic rings. The topological polar surface area (TPSA) is 54.0 Å². The highest BCUT2D eigenvalue weighted by Crippen LogP contribution is 2.19. The maximum Gasteiger partial charge on any atom is 0.257 e. The summed E-state index contributed by atoms with van der Waals surface area (Å²) in [5, 5.41) is 5.41. The van der Waals surface area contributed by atoms with Crippen molar-refractivity contribution >= 4 is 17.3 Å². The van der Waals surface area contributed by atoms with Crippen molar-refractivity contribution in [2.24, 2.45) is 5.92 Å². The average molecular weight is 319 g/mol. The van der Waals surface area contributed by atoms with E-state index in [9.17, 15) is 13.6 Å². The van der Waals surface area contributed by atoms with Crippen LogP contribution in [0.4, 0.5) is 20.2 Å². The highest BCUT2D eigenvalue weighted by Gasteiger charge is 2.14. The quantitative estimate of drug-likeness (QED) is 0.844. The molecule has 0 atom stereocenters. The minimum absolute atomic E-state index is 0.224. The molecular weight excluding hydrogens is 300 g/mol. The van der Waals surface area contributed by atoms with Crippen molar-refractivity contribution in [3.63, 3.8) is 0 Å². The van der Waals surface area contributed by atoms with Gasteiger partial charge in [-0.3, -0.25) is 9.78 Å². The Bertz CT molecular complexity index is 669. The van der Waals surface area contributed by atoms with Gasteiger partial charge in [-0.1, -0.05) is 19.9 Å². The number of hydrogen-bond acceptors (Lipinski definition) is 3. The molecule has 0 aliphatic carbocycles. The number of nitrogens with one attached hydrogen (secondary N) is 2. The van der Waals surface area contributed by atoms with Crippen LogP contribution in [-0.4, -0.2) is 17.4 Å². The zero-order chi connectivity index (χ0) is 16.8. The molecule has 0 fully saturated rings.